The van der Waals surface area contributed by atoms with E-state index in [2.05, 4.69) is 232 Å². The summed E-state index contributed by atoms with van der Waals surface area (Å²) in [6, 6.07) is 82.4. The Morgan fingerprint density at radius 3 is 0.957 bits per heavy atom. The Hall–Kier alpha value is -10.6. The van der Waals surface area contributed by atoms with Gasteiger partial charge in [-0.2, -0.15) is 13.2 Å². The molecule has 0 amide bonds. The predicted octanol–water partition coefficient (Wildman–Crippen LogP) is 28.7. The molecule has 0 atom stereocenters. The number of rotatable bonds is 16. The molecule has 0 N–H and O–H groups in total. The molecule has 0 saturated carbocycles. The van der Waals surface area contributed by atoms with Crippen molar-refractivity contribution in [3.05, 3.63) is 383 Å². The van der Waals surface area contributed by atoms with Gasteiger partial charge in [-0.25, -0.2) is 18.8 Å². The van der Waals surface area contributed by atoms with Gasteiger partial charge in [-0.3, -0.25) is 0 Å². The van der Waals surface area contributed by atoms with Crippen LogP contribution in [-0.4, -0.2) is 45.1 Å². The maximum atomic E-state index is 12.5. The van der Waals surface area contributed by atoms with E-state index in [1.54, 1.807) is 63.2 Å². The minimum atomic E-state index is -4.61. The van der Waals surface area contributed by atoms with Gasteiger partial charge in [0.2, 0.25) is 0 Å². The van der Waals surface area contributed by atoms with Gasteiger partial charge in [-0.15, -0.1) is 13.2 Å². The zero-order chi connectivity index (χ0) is 87.7. The molecule has 630 valence electrons. The second-order valence-corrected chi connectivity index (χ2v) is 27.1. The molecule has 0 bridgehead atoms. The van der Waals surface area contributed by atoms with Crippen LogP contribution in [0.1, 0.15) is 209 Å². The fourth-order valence-corrected chi connectivity index (χ4v) is 10.7. The molecule has 11 aromatic rings. The summed E-state index contributed by atoms with van der Waals surface area (Å²) in [7, 11) is 2.77. The van der Waals surface area contributed by atoms with Gasteiger partial charge in [0, 0.05) is 5.02 Å². The summed E-state index contributed by atoms with van der Waals surface area (Å²) in [5.41, 5.74) is 20.3. The van der Waals surface area contributed by atoms with Gasteiger partial charge in [-0.05, 0) is 234 Å². The number of benzene rings is 11. The third-order valence-electron chi connectivity index (χ3n) is 17.7. The molecule has 0 aromatic heterocycles. The zero-order valence-corrected chi connectivity index (χ0v) is 72.9. The van der Waals surface area contributed by atoms with Crippen LogP contribution < -0.4 is 4.74 Å². The lowest BCUT2D eigenvalue weighted by atomic mass is 10.0. The number of ether oxygens (including phenoxy) is 4. The second kappa shape index (κ2) is 60.0. The first-order chi connectivity index (χ1) is 55.8. The molecule has 0 saturated heterocycles. The largest absolute Gasteiger partial charge is 0.573 e. The third kappa shape index (κ3) is 46.1. The summed E-state index contributed by atoms with van der Waals surface area (Å²) >= 11 is 5.82. The number of methoxy groups -OCH3 is 2. The Balaban J connectivity index is 0.000000646. The molecule has 117 heavy (non-hydrogen) atoms. The minimum absolute atomic E-state index is 0.113. The Morgan fingerprint density at radius 1 is 0.308 bits per heavy atom. The van der Waals surface area contributed by atoms with Crippen LogP contribution in [0.15, 0.2) is 261 Å². The van der Waals surface area contributed by atoms with Crippen molar-refractivity contribution in [2.75, 3.05) is 20.8 Å². The molecule has 11 rings (SSSR count). The summed E-state index contributed by atoms with van der Waals surface area (Å²) in [6.07, 6.45) is 1.32. The smallest absolute Gasteiger partial charge is 0.465 e. The molecule has 0 radical (unpaired) electrons. The summed E-state index contributed by atoms with van der Waals surface area (Å²) in [6.45, 7) is 35.4. The van der Waals surface area contributed by atoms with Crippen LogP contribution in [0, 0.1) is 40.4 Å². The Labute approximate surface area is 700 Å². The van der Waals surface area contributed by atoms with E-state index in [1.807, 2.05) is 66.7 Å². The van der Waals surface area contributed by atoms with Crippen molar-refractivity contribution in [1.29, 1.82) is 0 Å². The molecule has 0 aliphatic heterocycles. The zero-order valence-electron chi connectivity index (χ0n) is 72.2. The number of alkyl halides is 6. The van der Waals surface area contributed by atoms with Crippen molar-refractivity contribution in [2.24, 2.45) is 0 Å². The SMILES string of the molecule is CCOC(=O)c1ccc(CC)cc1.CCc1ccc(C(=O)OC)cc1.CCc1ccc(C)cc1.CCc1ccc(C)cc1.CCc1ccc(C)cc1.CCc1ccc(F)cc1C(F)(F)F.CCc1cccc(C(=O)OC)c1.CCc1cccc(C)c1.CCc1cccc(C)c1.CCc1ccccc1Cl.CCc1ccccc1OC(F)(F)F. The van der Waals surface area contributed by atoms with Gasteiger partial charge in [0.05, 0.1) is 43.1 Å². The van der Waals surface area contributed by atoms with Gasteiger partial charge in [-0.1, -0.05) is 316 Å². The standard InChI is InChI=1S/C11H14O2.2C10H12O2.C9H8F4.C9H9F3O.5C9H12.C8H9Cl/c1-3-9-5-7-10(8-6-9)11(12)13-4-2;1-3-8-4-6-9(7-5-8)10(11)12-2;1-3-8-5-4-6-9(7-8)10(11)12-2;1-2-6-3-4-7(10)5-8(6)9(11,12)13;1-2-7-5-3-4-6-8(7)13-9(10,11)12;3*1-3-9-6-4-8(2)5-7-9;2*1-3-9-6-4-5-8(2)7-9;1-2-7-5-3-4-6-8(7)9/h5-8H,3-4H2,1-2H3;2*4-7H,3H2,1-2H3;3-5H,2H2,1H3;3-6H,2H2,1H3;5*4-7H,3H2,1-2H3;3-6H,2H2,1H3. The van der Waals surface area contributed by atoms with Crippen LogP contribution in [0.2, 0.25) is 5.02 Å². The van der Waals surface area contributed by atoms with Crippen LogP contribution in [-0.2, 0) is 91.0 Å². The highest BCUT2D eigenvalue weighted by molar-refractivity contribution is 6.31. The van der Waals surface area contributed by atoms with Gasteiger partial charge >= 0.3 is 30.4 Å². The lowest BCUT2D eigenvalue weighted by molar-refractivity contribution is -0.274. The van der Waals surface area contributed by atoms with Gasteiger partial charge in [0.1, 0.15) is 11.6 Å². The van der Waals surface area contributed by atoms with E-state index in [0.717, 1.165) is 80.5 Å². The van der Waals surface area contributed by atoms with Crippen molar-refractivity contribution in [2.45, 2.75) is 201 Å². The van der Waals surface area contributed by atoms with Crippen molar-refractivity contribution in [3.63, 3.8) is 0 Å². The quantitative estimate of drug-likeness (QED) is 0.0541. The highest BCUT2D eigenvalue weighted by Crippen LogP contribution is 2.33. The summed E-state index contributed by atoms with van der Waals surface area (Å²) < 4.78 is 103. The molecular formula is C102H124ClF7O7. The van der Waals surface area contributed by atoms with Crippen molar-refractivity contribution in [1.82, 2.24) is 0 Å². The number of hydrogen-bond acceptors (Lipinski definition) is 7. The van der Waals surface area contributed by atoms with Gasteiger partial charge < -0.3 is 18.9 Å². The van der Waals surface area contributed by atoms with E-state index in [1.165, 1.54) is 98.7 Å². The Kier molecular flexibility index (Phi) is 53.6. The maximum absolute atomic E-state index is 12.5. The first-order valence-electron chi connectivity index (χ1n) is 40.1. The topological polar surface area (TPSA) is 88.1 Å². The first-order valence-corrected chi connectivity index (χ1v) is 40.5. The van der Waals surface area contributed by atoms with E-state index in [4.69, 9.17) is 16.3 Å². The molecular weight excluding hydrogens is 1510 g/mol. The van der Waals surface area contributed by atoms with E-state index in [0.29, 0.717) is 41.3 Å². The number of carbonyl (C=O) groups is 3. The maximum Gasteiger partial charge on any atom is 0.573 e. The van der Waals surface area contributed by atoms with Gasteiger partial charge in [0.25, 0.3) is 0 Å². The average molecular weight is 1630 g/mol. The Morgan fingerprint density at radius 2 is 0.641 bits per heavy atom. The highest BCUT2D eigenvalue weighted by Gasteiger charge is 2.33. The molecule has 11 aromatic carbocycles. The molecule has 7 nitrogen and oxygen atoms in total. The molecule has 0 fully saturated rings. The molecule has 0 aliphatic carbocycles. The minimum Gasteiger partial charge on any atom is -0.465 e. The van der Waals surface area contributed by atoms with E-state index >= 15 is 0 Å². The number of halogens is 8. The fraction of sp³-hybridized carbons (Fsp3) is 0.324. The number of aryl methyl sites for hydroxylation is 16. The second-order valence-electron chi connectivity index (χ2n) is 26.7. The van der Waals surface area contributed by atoms with Crippen LogP contribution in [0.4, 0.5) is 30.7 Å². The summed E-state index contributed by atoms with van der Waals surface area (Å²) in [5.74, 6) is -1.77. The van der Waals surface area contributed by atoms with Crippen molar-refractivity contribution in [3.8, 4) is 5.75 Å². The molecule has 0 unspecified atom stereocenters. The van der Waals surface area contributed by atoms with E-state index < -0.39 is 23.9 Å². The van der Waals surface area contributed by atoms with Crippen LogP contribution >= 0.6 is 11.6 Å². The fourth-order valence-electron chi connectivity index (χ4n) is 10.4. The number of para-hydroxylation sites is 1. The summed E-state index contributed by atoms with van der Waals surface area (Å²) in [5, 5.41) is 0.875. The van der Waals surface area contributed by atoms with Crippen LogP contribution in [0.5, 0.6) is 5.75 Å². The highest BCUT2D eigenvalue weighted by atomic mass is 35.5. The third-order valence-corrected chi connectivity index (χ3v) is 18.0. The molecule has 0 aliphatic rings. The first kappa shape index (κ1) is 104. The lowest BCUT2D eigenvalue weighted by Gasteiger charge is -2.11. The lowest BCUT2D eigenvalue weighted by Crippen LogP contribution is -2.17. The normalized spacial score (nSPS) is 10.0. The number of hydrogen-bond donors (Lipinski definition) is 0. The van der Waals surface area contributed by atoms with E-state index in [9.17, 15) is 45.1 Å². The van der Waals surface area contributed by atoms with E-state index in [-0.39, 0.29) is 35.6 Å². The molecule has 0 heterocycles. The van der Waals surface area contributed by atoms with Crippen LogP contribution in [0.3, 0.4) is 0 Å². The van der Waals surface area contributed by atoms with Crippen molar-refractivity contribution >= 4 is 29.5 Å². The average Bonchev–Trinajstić information content (AvgIpc) is 0.822. The Bertz CT molecular complexity index is 4340. The van der Waals surface area contributed by atoms with Crippen molar-refractivity contribution < 1.29 is 64.1 Å². The monoisotopic (exact) mass is 1630 g/mol. The number of carbonyl (C=O) groups excluding carboxylic acids is 3. The predicted molar refractivity (Wildman–Crippen MR) is 473 cm³/mol. The summed E-state index contributed by atoms with van der Waals surface area (Å²) in [4.78, 5) is 33.3. The molecule has 15 heteroatoms. The van der Waals surface area contributed by atoms with Gasteiger partial charge in [0.15, 0.2) is 0 Å². The van der Waals surface area contributed by atoms with Crippen LogP contribution in [0.25, 0.3) is 0 Å². The number of esters is 3. The molecule has 0 spiro atoms.